The average molecular weight is 318 g/mol. The van der Waals surface area contributed by atoms with Gasteiger partial charge in [-0.3, -0.25) is 14.4 Å². The van der Waals surface area contributed by atoms with Crippen LogP contribution in [0.1, 0.15) is 31.2 Å². The fraction of sp³-hybridized carbons (Fsp3) is 0.765. The molecule has 3 saturated heterocycles. The molecule has 3 aliphatic rings. The van der Waals surface area contributed by atoms with Crippen molar-refractivity contribution < 1.29 is 9.53 Å². The molecule has 1 atom stereocenters. The Morgan fingerprint density at radius 1 is 1.43 bits per heavy atom. The number of carbonyl (C=O) groups is 1. The number of aromatic nitrogens is 2. The number of hydrogen-bond donors (Lipinski definition) is 0. The number of carbonyl (C=O) groups excluding carboxylic acids is 1. The number of nitrogens with zero attached hydrogens (tertiary/aromatic N) is 4. The van der Waals surface area contributed by atoms with E-state index in [-0.39, 0.29) is 5.60 Å². The van der Waals surface area contributed by atoms with Gasteiger partial charge >= 0.3 is 0 Å². The normalized spacial score (nSPS) is 27.1. The Balaban J connectivity index is 1.29. The van der Waals surface area contributed by atoms with Gasteiger partial charge in [0.25, 0.3) is 0 Å². The van der Waals surface area contributed by atoms with E-state index in [0.29, 0.717) is 11.8 Å². The third-order valence-electron chi connectivity index (χ3n) is 5.67. The second kappa shape index (κ2) is 5.91. The maximum Gasteiger partial charge on any atom is 0.222 e. The Labute approximate surface area is 137 Å². The van der Waals surface area contributed by atoms with Crippen LogP contribution in [0.3, 0.4) is 0 Å². The highest BCUT2D eigenvalue weighted by Crippen LogP contribution is 2.42. The van der Waals surface area contributed by atoms with E-state index in [1.165, 1.54) is 5.56 Å². The molecule has 0 bridgehead atoms. The minimum Gasteiger partial charge on any atom is -0.372 e. The predicted molar refractivity (Wildman–Crippen MR) is 85.7 cm³/mol. The van der Waals surface area contributed by atoms with Crippen LogP contribution in [0.25, 0.3) is 0 Å². The van der Waals surface area contributed by atoms with Gasteiger partial charge in [-0.05, 0) is 25.2 Å². The van der Waals surface area contributed by atoms with Gasteiger partial charge in [0.15, 0.2) is 0 Å². The molecule has 4 rings (SSSR count). The molecular formula is C17H26N4O2. The molecule has 3 fully saturated rings. The van der Waals surface area contributed by atoms with Crippen LogP contribution in [-0.4, -0.2) is 63.9 Å². The summed E-state index contributed by atoms with van der Waals surface area (Å²) < 4.78 is 7.99. The summed E-state index contributed by atoms with van der Waals surface area (Å²) in [5, 5.41) is 4.23. The third kappa shape index (κ3) is 2.90. The molecule has 0 aromatic carbocycles. The predicted octanol–water partition coefficient (Wildman–Crippen LogP) is 1.02. The van der Waals surface area contributed by atoms with Gasteiger partial charge in [-0.25, -0.2) is 0 Å². The first-order valence-corrected chi connectivity index (χ1v) is 8.76. The van der Waals surface area contributed by atoms with Crippen LogP contribution < -0.4 is 0 Å². The highest BCUT2D eigenvalue weighted by Gasteiger charge is 2.52. The van der Waals surface area contributed by atoms with Crippen LogP contribution in [0, 0.1) is 5.92 Å². The van der Waals surface area contributed by atoms with Crippen molar-refractivity contribution >= 4 is 5.91 Å². The molecule has 1 amide bonds. The molecule has 0 radical (unpaired) electrons. The second-order valence-electron chi connectivity index (χ2n) is 7.34. The molecule has 6 heteroatoms. The first-order valence-electron chi connectivity index (χ1n) is 8.76. The lowest BCUT2D eigenvalue weighted by Crippen LogP contribution is -2.64. The summed E-state index contributed by atoms with van der Waals surface area (Å²) in [5.74, 6) is 0.936. The van der Waals surface area contributed by atoms with Crippen molar-refractivity contribution in [2.75, 3.05) is 32.8 Å². The van der Waals surface area contributed by atoms with Crippen molar-refractivity contribution in [3.63, 3.8) is 0 Å². The molecular weight excluding hydrogens is 292 g/mol. The van der Waals surface area contributed by atoms with Crippen molar-refractivity contribution in [1.82, 2.24) is 19.6 Å². The monoisotopic (exact) mass is 318 g/mol. The highest BCUT2D eigenvalue weighted by atomic mass is 16.5. The number of hydrogen-bond acceptors (Lipinski definition) is 4. The van der Waals surface area contributed by atoms with Gasteiger partial charge in [-0.2, -0.15) is 5.10 Å². The number of amides is 1. The lowest BCUT2D eigenvalue weighted by atomic mass is 9.78. The number of rotatable bonds is 5. The summed E-state index contributed by atoms with van der Waals surface area (Å²) in [6.45, 7) is 5.72. The van der Waals surface area contributed by atoms with E-state index in [9.17, 15) is 4.79 Å². The standard InChI is InChI=1S/C17H26N4O2/c1-19-10-14(9-18-19)11-20-12-17(13-20)15(5-8-23-17)4-7-21-6-2-3-16(21)22/h9-10,15H,2-8,11-13H2,1H3. The van der Waals surface area contributed by atoms with Gasteiger partial charge in [0.1, 0.15) is 0 Å². The van der Waals surface area contributed by atoms with Crippen molar-refractivity contribution in [3.8, 4) is 0 Å². The van der Waals surface area contributed by atoms with Crippen molar-refractivity contribution in [3.05, 3.63) is 18.0 Å². The van der Waals surface area contributed by atoms with E-state index in [1.54, 1.807) is 0 Å². The maximum atomic E-state index is 11.8. The zero-order chi connectivity index (χ0) is 15.9. The number of likely N-dealkylation sites (tertiary alicyclic amines) is 2. The largest absolute Gasteiger partial charge is 0.372 e. The van der Waals surface area contributed by atoms with Crippen molar-refractivity contribution in [1.29, 1.82) is 0 Å². The van der Waals surface area contributed by atoms with Crippen LogP contribution in [0.5, 0.6) is 0 Å². The van der Waals surface area contributed by atoms with E-state index in [4.69, 9.17) is 4.74 Å². The van der Waals surface area contributed by atoms with Crippen LogP contribution in [0.15, 0.2) is 12.4 Å². The molecule has 1 aromatic heterocycles. The van der Waals surface area contributed by atoms with E-state index >= 15 is 0 Å². The fourth-order valence-electron chi connectivity index (χ4n) is 4.43. The Hall–Kier alpha value is -1.40. The topological polar surface area (TPSA) is 50.6 Å². The average Bonchev–Trinajstić information content (AvgIpc) is 3.18. The summed E-state index contributed by atoms with van der Waals surface area (Å²) in [4.78, 5) is 16.2. The summed E-state index contributed by atoms with van der Waals surface area (Å²) in [7, 11) is 1.96. The van der Waals surface area contributed by atoms with E-state index < -0.39 is 0 Å². The lowest BCUT2D eigenvalue weighted by Gasteiger charge is -2.50. The molecule has 23 heavy (non-hydrogen) atoms. The van der Waals surface area contributed by atoms with E-state index in [1.807, 2.05) is 22.8 Å². The van der Waals surface area contributed by atoms with E-state index in [2.05, 4.69) is 16.2 Å². The Morgan fingerprint density at radius 3 is 3.00 bits per heavy atom. The van der Waals surface area contributed by atoms with Crippen LogP contribution in [0.4, 0.5) is 0 Å². The van der Waals surface area contributed by atoms with Gasteiger partial charge < -0.3 is 9.64 Å². The molecule has 126 valence electrons. The molecule has 1 spiro atoms. The summed E-state index contributed by atoms with van der Waals surface area (Å²) in [5.41, 5.74) is 1.31. The zero-order valence-corrected chi connectivity index (χ0v) is 13.9. The van der Waals surface area contributed by atoms with Crippen LogP contribution in [0.2, 0.25) is 0 Å². The summed E-state index contributed by atoms with van der Waals surface area (Å²) in [6, 6.07) is 0. The first kappa shape index (κ1) is 15.1. The Bertz CT molecular complexity index is 579. The smallest absolute Gasteiger partial charge is 0.222 e. The summed E-state index contributed by atoms with van der Waals surface area (Å²) in [6.07, 6.45) is 8.03. The van der Waals surface area contributed by atoms with Gasteiger partial charge in [0, 0.05) is 64.6 Å². The molecule has 4 heterocycles. The van der Waals surface area contributed by atoms with E-state index in [0.717, 1.165) is 65.0 Å². The molecule has 0 aliphatic carbocycles. The fourth-order valence-corrected chi connectivity index (χ4v) is 4.43. The minimum absolute atomic E-state index is 0.0466. The number of ether oxygens (including phenoxy) is 1. The third-order valence-corrected chi connectivity index (χ3v) is 5.67. The quantitative estimate of drug-likeness (QED) is 0.813. The minimum atomic E-state index is 0.0466. The van der Waals surface area contributed by atoms with Gasteiger partial charge in [-0.15, -0.1) is 0 Å². The molecule has 0 N–H and O–H groups in total. The van der Waals surface area contributed by atoms with Gasteiger partial charge in [0.05, 0.1) is 11.8 Å². The van der Waals surface area contributed by atoms with Gasteiger partial charge in [-0.1, -0.05) is 0 Å². The SMILES string of the molecule is Cn1cc(CN2CC3(C2)OCCC3CCN2CCCC2=O)cn1. The van der Waals surface area contributed by atoms with Gasteiger partial charge in [0.2, 0.25) is 5.91 Å². The molecule has 1 unspecified atom stereocenters. The molecule has 1 aromatic rings. The lowest BCUT2D eigenvalue weighted by molar-refractivity contribution is -0.139. The maximum absolute atomic E-state index is 11.8. The van der Waals surface area contributed by atoms with Crippen LogP contribution in [-0.2, 0) is 23.1 Å². The molecule has 0 saturated carbocycles. The van der Waals surface area contributed by atoms with Crippen molar-refractivity contribution in [2.24, 2.45) is 13.0 Å². The second-order valence-corrected chi connectivity index (χ2v) is 7.34. The summed E-state index contributed by atoms with van der Waals surface area (Å²) >= 11 is 0. The number of aryl methyl sites for hydroxylation is 1. The molecule has 3 aliphatic heterocycles. The Morgan fingerprint density at radius 2 is 2.30 bits per heavy atom. The molecule has 6 nitrogen and oxygen atoms in total. The first-order chi connectivity index (χ1) is 11.1. The highest BCUT2D eigenvalue weighted by molar-refractivity contribution is 5.77. The van der Waals surface area contributed by atoms with Crippen molar-refractivity contribution in [2.45, 2.75) is 37.8 Å². The zero-order valence-electron chi connectivity index (χ0n) is 13.9. The Kier molecular flexibility index (Phi) is 3.89. The van der Waals surface area contributed by atoms with Crippen LogP contribution >= 0.6 is 0 Å².